The Bertz CT molecular complexity index is 2360. The average Bonchev–Trinajstić information content (AvgIpc) is 0.915. The first-order valence-electron chi connectivity index (χ1n) is 40.8. The number of hydrogen-bond acceptors (Lipinski definition) is 14. The van der Waals surface area contributed by atoms with Gasteiger partial charge in [0.2, 0.25) is 0 Å². The number of ether oxygens (including phenoxy) is 3. The number of allylic oxidation sites excluding steroid dienone is 20. The lowest BCUT2D eigenvalue weighted by Crippen LogP contribution is -2.30. The van der Waals surface area contributed by atoms with E-state index in [0.29, 0.717) is 19.3 Å². The van der Waals surface area contributed by atoms with Gasteiger partial charge in [-0.05, 0) is 128 Å². The van der Waals surface area contributed by atoms with Crippen LogP contribution in [0, 0.1) is 0 Å². The van der Waals surface area contributed by atoms with E-state index in [9.17, 15) is 43.5 Å². The smallest absolute Gasteiger partial charge is 0.463 e. The molecule has 0 amide bonds. The molecule has 0 aliphatic heterocycles. The molecule has 0 radical (unpaired) electrons. The summed E-state index contributed by atoms with van der Waals surface area (Å²) in [4.78, 5) is 58.6. The topological polar surface area (TPSA) is 231 Å². The zero-order chi connectivity index (χ0) is 75.2. The molecular formula is C85H148O16P2. The Morgan fingerprint density at radius 3 is 0.816 bits per heavy atom. The number of aliphatic hydroxyl groups is 2. The van der Waals surface area contributed by atoms with Crippen molar-refractivity contribution in [2.45, 2.75) is 360 Å². The van der Waals surface area contributed by atoms with Gasteiger partial charge in [-0.15, -0.1) is 0 Å². The van der Waals surface area contributed by atoms with Crippen molar-refractivity contribution >= 4 is 33.6 Å². The fraction of sp³-hybridized carbons (Fsp3) is 0.729. The van der Waals surface area contributed by atoms with E-state index >= 15 is 0 Å². The van der Waals surface area contributed by atoms with E-state index in [1.807, 2.05) is 0 Å². The third-order valence-electron chi connectivity index (χ3n) is 17.2. The lowest BCUT2D eigenvalue weighted by atomic mass is 10.0. The molecule has 103 heavy (non-hydrogen) atoms. The van der Waals surface area contributed by atoms with Gasteiger partial charge in [-0.2, -0.15) is 0 Å². The Morgan fingerprint density at radius 1 is 0.282 bits per heavy atom. The number of rotatable bonds is 77. The monoisotopic (exact) mass is 1490 g/mol. The molecule has 0 fully saturated rings. The summed E-state index contributed by atoms with van der Waals surface area (Å²) in [6, 6.07) is 0. The highest BCUT2D eigenvalue weighted by molar-refractivity contribution is 7.47. The average molecular weight is 1490 g/mol. The van der Waals surface area contributed by atoms with Crippen molar-refractivity contribution in [3.05, 3.63) is 122 Å². The van der Waals surface area contributed by atoms with E-state index in [1.54, 1.807) is 0 Å². The molecular weight excluding hydrogens is 1340 g/mol. The maximum atomic E-state index is 12.9. The van der Waals surface area contributed by atoms with Crippen molar-refractivity contribution in [2.24, 2.45) is 0 Å². The van der Waals surface area contributed by atoms with Gasteiger partial charge >= 0.3 is 33.6 Å². The van der Waals surface area contributed by atoms with Crippen LogP contribution in [0.4, 0.5) is 0 Å². The first-order chi connectivity index (χ1) is 50.2. The molecule has 5 unspecified atom stereocenters. The van der Waals surface area contributed by atoms with Gasteiger partial charge in [-0.25, -0.2) is 9.13 Å². The van der Waals surface area contributed by atoms with Crippen molar-refractivity contribution in [3.8, 4) is 0 Å². The maximum Gasteiger partial charge on any atom is 0.472 e. The molecule has 0 bridgehead atoms. The molecule has 4 N–H and O–H groups in total. The quantitative estimate of drug-likeness (QED) is 0.0146. The lowest BCUT2D eigenvalue weighted by Gasteiger charge is -2.21. The van der Waals surface area contributed by atoms with Crippen molar-refractivity contribution < 1.29 is 75.8 Å². The summed E-state index contributed by atoms with van der Waals surface area (Å²) >= 11 is 0. The number of phosphoric acid groups is 2. The second-order valence-corrected chi connectivity index (χ2v) is 30.1. The number of carbonyl (C=O) groups is 3. The predicted molar refractivity (Wildman–Crippen MR) is 427 cm³/mol. The van der Waals surface area contributed by atoms with Crippen LogP contribution in [0.15, 0.2) is 122 Å². The zero-order valence-corrected chi connectivity index (χ0v) is 66.7. The van der Waals surface area contributed by atoms with Gasteiger partial charge < -0.3 is 34.2 Å². The third kappa shape index (κ3) is 78.8. The molecule has 594 valence electrons. The molecule has 0 aliphatic carbocycles. The highest BCUT2D eigenvalue weighted by atomic mass is 31.2. The highest BCUT2D eigenvalue weighted by Gasteiger charge is 2.29. The number of hydrogen-bond donors (Lipinski definition) is 4. The fourth-order valence-electron chi connectivity index (χ4n) is 11.0. The first kappa shape index (κ1) is 98.9. The predicted octanol–water partition coefficient (Wildman–Crippen LogP) is 24.1. The Labute approximate surface area is 627 Å². The van der Waals surface area contributed by atoms with Gasteiger partial charge in [0.1, 0.15) is 25.4 Å². The van der Waals surface area contributed by atoms with E-state index < -0.39 is 91.5 Å². The Balaban J connectivity index is 4.37. The van der Waals surface area contributed by atoms with E-state index in [0.717, 1.165) is 161 Å². The molecule has 0 aromatic rings. The largest absolute Gasteiger partial charge is 0.472 e. The van der Waals surface area contributed by atoms with Crippen LogP contribution in [0.1, 0.15) is 342 Å². The van der Waals surface area contributed by atoms with Crippen molar-refractivity contribution in [1.82, 2.24) is 0 Å². The number of phosphoric ester groups is 2. The van der Waals surface area contributed by atoms with Crippen LogP contribution in [0.3, 0.4) is 0 Å². The minimum atomic E-state index is -4.93. The van der Waals surface area contributed by atoms with Gasteiger partial charge in [0.15, 0.2) is 6.10 Å². The highest BCUT2D eigenvalue weighted by Crippen LogP contribution is 2.45. The number of carbonyl (C=O) groups excluding carboxylic acids is 3. The van der Waals surface area contributed by atoms with Crippen LogP contribution in [-0.4, -0.2) is 95.9 Å². The van der Waals surface area contributed by atoms with Crippen LogP contribution in [-0.2, 0) is 55.8 Å². The summed E-state index contributed by atoms with van der Waals surface area (Å²) in [5.74, 6) is -1.59. The normalized spacial score (nSPS) is 14.6. The second kappa shape index (κ2) is 77.6. The van der Waals surface area contributed by atoms with Gasteiger partial charge in [0.05, 0.1) is 26.4 Å². The van der Waals surface area contributed by atoms with Crippen LogP contribution in [0.25, 0.3) is 0 Å². The molecule has 0 saturated carbocycles. The SMILES string of the molecule is CC/C=C\C/C=C\C/C=C\C/C=C\C/C=C\CCCCCCCCCCCCCCCCCCCCCC(=O)OCC(O)COP(=O)(O)OCC(O)COP(=O)(O)OCC(COC(=O)CCCCCCCCC/C=C\C/C=C\C/C=C\CC)OC(=O)CCCCCCC/C=C\C/C=C\CCCCC. The van der Waals surface area contributed by atoms with Crippen LogP contribution < -0.4 is 0 Å². The molecule has 16 nitrogen and oxygen atoms in total. The van der Waals surface area contributed by atoms with Crippen LogP contribution in [0.2, 0.25) is 0 Å². The van der Waals surface area contributed by atoms with Crippen molar-refractivity contribution in [2.75, 3.05) is 39.6 Å². The molecule has 0 spiro atoms. The van der Waals surface area contributed by atoms with Crippen molar-refractivity contribution in [1.29, 1.82) is 0 Å². The summed E-state index contributed by atoms with van der Waals surface area (Å²) in [5, 5.41) is 20.6. The molecule has 0 rings (SSSR count). The molecule has 18 heteroatoms. The van der Waals surface area contributed by atoms with Gasteiger partial charge in [-0.1, -0.05) is 316 Å². The van der Waals surface area contributed by atoms with E-state index in [4.69, 9.17) is 32.3 Å². The molecule has 0 aliphatic rings. The Hall–Kier alpha value is -4.05. The Morgan fingerprint density at radius 2 is 0.515 bits per heavy atom. The number of unbranched alkanes of at least 4 members (excludes halogenated alkanes) is 34. The van der Waals surface area contributed by atoms with E-state index in [2.05, 4.69) is 142 Å². The molecule has 5 atom stereocenters. The van der Waals surface area contributed by atoms with Gasteiger partial charge in [-0.3, -0.25) is 32.5 Å². The summed E-state index contributed by atoms with van der Waals surface area (Å²) in [6.45, 7) is 2.43. The summed E-state index contributed by atoms with van der Waals surface area (Å²) in [5.41, 5.74) is 0. The molecule has 0 aromatic carbocycles. The molecule has 0 aromatic heterocycles. The number of esters is 3. The molecule has 0 heterocycles. The third-order valence-corrected chi connectivity index (χ3v) is 19.1. The minimum Gasteiger partial charge on any atom is -0.463 e. The van der Waals surface area contributed by atoms with Gasteiger partial charge in [0, 0.05) is 19.3 Å². The standard InChI is InChI=1S/C85H148O16P2/c1-4-7-10-13-16-19-22-25-28-30-31-32-33-34-35-36-37-38-39-40-41-42-43-44-45-46-47-49-52-53-56-59-62-65-68-71-83(88)95-74-80(86)75-97-102(91,92)98-76-81(87)77-99-103(93,94)100-79-82(101-85(90)73-70-67-64-61-58-55-50-27-24-21-18-15-12-9-6-3)78-96-84(89)72-69-66-63-60-57-54-51-48-29-26-23-20-17-14-11-8-5-2/h7-8,10-11,16-21,25-29,31-32,34-35,50,80-82,86-87H,4-6,9,12-15,22-24,30,33,36-49,51-79H2,1-3H3,(H,91,92)(H,93,94)/b10-7-,11-8-,19-16-,20-17-,21-18-,28-25-,29-26-,32-31-,35-34-,50-27-. The minimum absolute atomic E-state index is 0.0858. The van der Waals surface area contributed by atoms with Crippen LogP contribution in [0.5, 0.6) is 0 Å². The second-order valence-electron chi connectivity index (χ2n) is 27.2. The summed E-state index contributed by atoms with van der Waals surface area (Å²) in [7, 11) is -9.79. The first-order valence-corrected chi connectivity index (χ1v) is 43.8. The van der Waals surface area contributed by atoms with Gasteiger partial charge in [0.25, 0.3) is 0 Å². The fourth-order valence-corrected chi connectivity index (χ4v) is 12.6. The van der Waals surface area contributed by atoms with Crippen LogP contribution >= 0.6 is 15.6 Å². The number of aliphatic hydroxyl groups excluding tert-OH is 2. The zero-order valence-electron chi connectivity index (χ0n) is 65.0. The lowest BCUT2D eigenvalue weighted by molar-refractivity contribution is -0.161. The maximum absolute atomic E-state index is 12.9. The summed E-state index contributed by atoms with van der Waals surface area (Å²) in [6.07, 6.45) is 92.7. The van der Waals surface area contributed by atoms with E-state index in [1.165, 1.54) is 122 Å². The molecule has 0 saturated heterocycles. The summed E-state index contributed by atoms with van der Waals surface area (Å²) < 4.78 is 61.1. The Kier molecular flexibility index (Phi) is 74.5. The van der Waals surface area contributed by atoms with Crippen molar-refractivity contribution in [3.63, 3.8) is 0 Å². The van der Waals surface area contributed by atoms with E-state index in [-0.39, 0.29) is 19.3 Å².